The first-order valence-electron chi connectivity index (χ1n) is 6.66. The fourth-order valence-electron chi connectivity index (χ4n) is 2.18. The molecule has 3 heteroatoms. The standard InChI is InChI=1S/C15H24ClNO/c1-4-6-9-15(17,5-2)11-12-10-13(16)7-8-14(12)18-3/h7-8,10H,4-6,9,11,17H2,1-3H3. The highest BCUT2D eigenvalue weighted by Gasteiger charge is 2.24. The van der Waals surface area contributed by atoms with E-state index in [1.54, 1.807) is 7.11 Å². The number of benzene rings is 1. The molecule has 18 heavy (non-hydrogen) atoms. The highest BCUT2D eigenvalue weighted by Crippen LogP contribution is 2.29. The van der Waals surface area contributed by atoms with Crippen LogP contribution in [0.4, 0.5) is 0 Å². The molecule has 1 atom stereocenters. The molecule has 0 aromatic heterocycles. The Morgan fingerprint density at radius 2 is 2.06 bits per heavy atom. The molecule has 1 aromatic carbocycles. The maximum Gasteiger partial charge on any atom is 0.122 e. The largest absolute Gasteiger partial charge is 0.496 e. The van der Waals surface area contributed by atoms with Crippen LogP contribution < -0.4 is 10.5 Å². The molecule has 0 spiro atoms. The Bertz CT molecular complexity index is 381. The van der Waals surface area contributed by atoms with Crippen LogP contribution >= 0.6 is 11.6 Å². The second-order valence-electron chi connectivity index (χ2n) is 4.95. The zero-order valence-corrected chi connectivity index (χ0v) is 12.4. The number of methoxy groups -OCH3 is 1. The quantitative estimate of drug-likeness (QED) is 0.806. The number of unbranched alkanes of at least 4 members (excludes halogenated alkanes) is 1. The summed E-state index contributed by atoms with van der Waals surface area (Å²) in [5.41, 5.74) is 7.43. The van der Waals surface area contributed by atoms with E-state index in [0.29, 0.717) is 0 Å². The Labute approximate surface area is 115 Å². The summed E-state index contributed by atoms with van der Waals surface area (Å²) in [6, 6.07) is 5.72. The van der Waals surface area contributed by atoms with Crippen molar-refractivity contribution in [3.05, 3.63) is 28.8 Å². The van der Waals surface area contributed by atoms with Gasteiger partial charge in [0.25, 0.3) is 0 Å². The van der Waals surface area contributed by atoms with Gasteiger partial charge < -0.3 is 10.5 Å². The number of halogens is 1. The average Bonchev–Trinajstić information content (AvgIpc) is 2.37. The molecule has 0 saturated heterocycles. The smallest absolute Gasteiger partial charge is 0.122 e. The summed E-state index contributed by atoms with van der Waals surface area (Å²) >= 11 is 6.05. The molecular formula is C15H24ClNO. The number of hydrogen-bond donors (Lipinski definition) is 1. The Kier molecular flexibility index (Phi) is 5.97. The molecule has 0 radical (unpaired) electrons. The van der Waals surface area contributed by atoms with E-state index in [4.69, 9.17) is 22.1 Å². The van der Waals surface area contributed by atoms with Crippen LogP contribution in [-0.2, 0) is 6.42 Å². The minimum atomic E-state index is -0.159. The van der Waals surface area contributed by atoms with Crippen molar-refractivity contribution in [2.45, 2.75) is 51.5 Å². The second-order valence-corrected chi connectivity index (χ2v) is 5.39. The molecule has 1 aromatic rings. The van der Waals surface area contributed by atoms with Gasteiger partial charge in [0, 0.05) is 10.6 Å². The number of rotatable bonds is 7. The highest BCUT2D eigenvalue weighted by atomic mass is 35.5. The third-order valence-corrected chi connectivity index (χ3v) is 3.75. The molecule has 0 aliphatic carbocycles. The maximum absolute atomic E-state index is 6.49. The van der Waals surface area contributed by atoms with Gasteiger partial charge >= 0.3 is 0 Å². The van der Waals surface area contributed by atoms with Gasteiger partial charge in [0.05, 0.1) is 7.11 Å². The van der Waals surface area contributed by atoms with Gasteiger partial charge in [-0.15, -0.1) is 0 Å². The molecule has 0 amide bonds. The van der Waals surface area contributed by atoms with Crippen molar-refractivity contribution in [1.82, 2.24) is 0 Å². The second kappa shape index (κ2) is 7.01. The Morgan fingerprint density at radius 3 is 2.61 bits per heavy atom. The number of ether oxygens (including phenoxy) is 1. The summed E-state index contributed by atoms with van der Waals surface area (Å²) in [6.07, 6.45) is 5.14. The van der Waals surface area contributed by atoms with Crippen molar-refractivity contribution < 1.29 is 4.74 Å². The molecule has 0 fully saturated rings. The van der Waals surface area contributed by atoms with Crippen molar-refractivity contribution in [1.29, 1.82) is 0 Å². The summed E-state index contributed by atoms with van der Waals surface area (Å²) in [5, 5.41) is 0.736. The van der Waals surface area contributed by atoms with Gasteiger partial charge in [-0.2, -0.15) is 0 Å². The summed E-state index contributed by atoms with van der Waals surface area (Å²) in [5.74, 6) is 0.874. The Hall–Kier alpha value is -0.730. The van der Waals surface area contributed by atoms with E-state index in [2.05, 4.69) is 13.8 Å². The SMILES string of the molecule is CCCCC(N)(CC)Cc1cc(Cl)ccc1OC. The first-order chi connectivity index (χ1) is 8.54. The van der Waals surface area contributed by atoms with Crippen LogP contribution in [0.1, 0.15) is 45.1 Å². The normalized spacial score (nSPS) is 14.3. The van der Waals surface area contributed by atoms with E-state index in [1.807, 2.05) is 18.2 Å². The zero-order valence-electron chi connectivity index (χ0n) is 11.6. The molecule has 0 bridgehead atoms. The van der Waals surface area contributed by atoms with Crippen LogP contribution in [0.5, 0.6) is 5.75 Å². The van der Waals surface area contributed by atoms with Crippen molar-refractivity contribution in [3.63, 3.8) is 0 Å². The van der Waals surface area contributed by atoms with Gasteiger partial charge in [-0.05, 0) is 43.0 Å². The molecular weight excluding hydrogens is 246 g/mol. The summed E-state index contributed by atoms with van der Waals surface area (Å²) < 4.78 is 5.38. The molecule has 102 valence electrons. The van der Waals surface area contributed by atoms with Crippen molar-refractivity contribution >= 4 is 11.6 Å². The lowest BCUT2D eigenvalue weighted by atomic mass is 9.84. The van der Waals surface area contributed by atoms with Crippen LogP contribution in [-0.4, -0.2) is 12.6 Å². The summed E-state index contributed by atoms with van der Waals surface area (Å²) in [7, 11) is 1.68. The predicted octanol–water partition coefficient (Wildman–Crippen LogP) is 4.19. The van der Waals surface area contributed by atoms with Crippen molar-refractivity contribution in [2.24, 2.45) is 5.73 Å². The van der Waals surface area contributed by atoms with Gasteiger partial charge in [-0.3, -0.25) is 0 Å². The third-order valence-electron chi connectivity index (χ3n) is 3.52. The molecule has 1 unspecified atom stereocenters. The van der Waals surface area contributed by atoms with Gasteiger partial charge in [0.2, 0.25) is 0 Å². The van der Waals surface area contributed by atoms with Gasteiger partial charge in [0.15, 0.2) is 0 Å². The molecule has 0 heterocycles. The molecule has 0 saturated carbocycles. The maximum atomic E-state index is 6.49. The van der Waals surface area contributed by atoms with Gasteiger partial charge in [-0.25, -0.2) is 0 Å². The Morgan fingerprint density at radius 1 is 1.33 bits per heavy atom. The zero-order chi connectivity index (χ0) is 13.6. The first-order valence-corrected chi connectivity index (χ1v) is 7.03. The number of hydrogen-bond acceptors (Lipinski definition) is 2. The van der Waals surface area contributed by atoms with Crippen LogP contribution in [0, 0.1) is 0 Å². The first kappa shape index (κ1) is 15.3. The lowest BCUT2D eigenvalue weighted by molar-refractivity contribution is 0.353. The molecule has 0 aliphatic heterocycles. The fourth-order valence-corrected chi connectivity index (χ4v) is 2.38. The Balaban J connectivity index is 2.89. The molecule has 2 nitrogen and oxygen atoms in total. The lowest BCUT2D eigenvalue weighted by Gasteiger charge is -2.29. The van der Waals surface area contributed by atoms with E-state index in [1.165, 1.54) is 6.42 Å². The van der Waals surface area contributed by atoms with Crippen LogP contribution in [0.25, 0.3) is 0 Å². The summed E-state index contributed by atoms with van der Waals surface area (Å²) in [6.45, 7) is 4.34. The van der Waals surface area contributed by atoms with E-state index >= 15 is 0 Å². The van der Waals surface area contributed by atoms with E-state index in [0.717, 1.165) is 42.0 Å². The van der Waals surface area contributed by atoms with Gasteiger partial charge in [0.1, 0.15) is 5.75 Å². The van der Waals surface area contributed by atoms with E-state index < -0.39 is 0 Å². The van der Waals surface area contributed by atoms with E-state index in [-0.39, 0.29) is 5.54 Å². The van der Waals surface area contributed by atoms with Crippen LogP contribution in [0.3, 0.4) is 0 Å². The molecule has 1 rings (SSSR count). The topological polar surface area (TPSA) is 35.2 Å². The highest BCUT2D eigenvalue weighted by molar-refractivity contribution is 6.30. The lowest BCUT2D eigenvalue weighted by Crippen LogP contribution is -2.41. The fraction of sp³-hybridized carbons (Fsp3) is 0.600. The third kappa shape index (κ3) is 4.18. The molecule has 0 aliphatic rings. The summed E-state index contributed by atoms with van der Waals surface area (Å²) in [4.78, 5) is 0. The minimum absolute atomic E-state index is 0.159. The predicted molar refractivity (Wildman–Crippen MR) is 78.4 cm³/mol. The van der Waals surface area contributed by atoms with Crippen molar-refractivity contribution in [3.8, 4) is 5.75 Å². The van der Waals surface area contributed by atoms with E-state index in [9.17, 15) is 0 Å². The number of nitrogens with two attached hydrogens (primary N) is 1. The van der Waals surface area contributed by atoms with Gasteiger partial charge in [-0.1, -0.05) is 38.3 Å². The molecule has 2 N–H and O–H groups in total. The monoisotopic (exact) mass is 269 g/mol. The minimum Gasteiger partial charge on any atom is -0.496 e. The average molecular weight is 270 g/mol. The van der Waals surface area contributed by atoms with Crippen molar-refractivity contribution in [2.75, 3.05) is 7.11 Å². The van der Waals surface area contributed by atoms with Crippen LogP contribution in [0.15, 0.2) is 18.2 Å². The van der Waals surface area contributed by atoms with Crippen LogP contribution in [0.2, 0.25) is 5.02 Å².